The summed E-state index contributed by atoms with van der Waals surface area (Å²) in [4.78, 5) is 13.0. The Morgan fingerprint density at radius 3 is 2.91 bits per heavy atom. The number of fused-ring (bicyclic) bond motifs is 1. The molecule has 0 spiro atoms. The molecule has 1 fully saturated rings. The van der Waals surface area contributed by atoms with Crippen LogP contribution >= 0.6 is 0 Å². The van der Waals surface area contributed by atoms with E-state index in [0.717, 1.165) is 58.8 Å². The maximum absolute atomic E-state index is 5.94. The summed E-state index contributed by atoms with van der Waals surface area (Å²) < 4.78 is 5.94. The van der Waals surface area contributed by atoms with E-state index in [1.807, 2.05) is 49.4 Å². The zero-order valence-electron chi connectivity index (χ0n) is 18.5. The molecule has 33 heavy (non-hydrogen) atoms. The number of anilines is 2. The zero-order valence-corrected chi connectivity index (χ0v) is 18.5. The average Bonchev–Trinajstić information content (AvgIpc) is 2.86. The fourth-order valence-corrected chi connectivity index (χ4v) is 3.91. The van der Waals surface area contributed by atoms with Crippen LogP contribution in [0, 0.1) is 24.7 Å². The van der Waals surface area contributed by atoms with Crippen LogP contribution in [0.15, 0.2) is 67.3 Å². The molecule has 0 aliphatic carbocycles. The number of pyridine rings is 1. The smallest absolute Gasteiger partial charge is 0.145 e. The van der Waals surface area contributed by atoms with Gasteiger partial charge in [-0.1, -0.05) is 11.8 Å². The lowest BCUT2D eigenvalue weighted by Crippen LogP contribution is -2.28. The Labute approximate surface area is 193 Å². The first-order valence-corrected chi connectivity index (χ1v) is 11.2. The third-order valence-electron chi connectivity index (χ3n) is 5.65. The number of rotatable bonds is 4. The van der Waals surface area contributed by atoms with E-state index in [0.29, 0.717) is 11.7 Å². The summed E-state index contributed by atoms with van der Waals surface area (Å²) in [6.45, 7) is 4.08. The Hall–Kier alpha value is -3.95. The minimum Gasteiger partial charge on any atom is -0.455 e. The van der Waals surface area contributed by atoms with E-state index in [-0.39, 0.29) is 0 Å². The van der Waals surface area contributed by atoms with Gasteiger partial charge in [-0.15, -0.1) is 0 Å². The highest BCUT2D eigenvalue weighted by molar-refractivity contribution is 5.91. The van der Waals surface area contributed by atoms with Crippen molar-refractivity contribution in [1.29, 1.82) is 0 Å². The summed E-state index contributed by atoms with van der Waals surface area (Å²) >= 11 is 0. The molecular formula is C27H25N5O. The lowest BCUT2D eigenvalue weighted by atomic mass is 10.00. The molecular weight excluding hydrogens is 410 g/mol. The number of hydrogen-bond acceptors (Lipinski definition) is 6. The quantitative estimate of drug-likeness (QED) is 0.428. The molecule has 0 bridgehead atoms. The first-order valence-electron chi connectivity index (χ1n) is 11.2. The van der Waals surface area contributed by atoms with Gasteiger partial charge >= 0.3 is 0 Å². The van der Waals surface area contributed by atoms with Crippen LogP contribution in [0.1, 0.15) is 24.0 Å². The Kier molecular flexibility index (Phi) is 6.14. The predicted octanol–water partition coefficient (Wildman–Crippen LogP) is 5.22. The molecule has 164 valence electrons. The van der Waals surface area contributed by atoms with Crippen LogP contribution in [-0.2, 0) is 0 Å². The molecule has 2 N–H and O–H groups in total. The molecule has 5 rings (SSSR count). The molecule has 1 aliphatic heterocycles. The summed E-state index contributed by atoms with van der Waals surface area (Å²) in [5.74, 6) is 9.42. The molecule has 0 radical (unpaired) electrons. The van der Waals surface area contributed by atoms with Crippen molar-refractivity contribution in [2.24, 2.45) is 5.92 Å². The predicted molar refractivity (Wildman–Crippen MR) is 131 cm³/mol. The number of benzene rings is 2. The van der Waals surface area contributed by atoms with Gasteiger partial charge in [0.2, 0.25) is 0 Å². The van der Waals surface area contributed by atoms with Gasteiger partial charge in [0.05, 0.1) is 11.7 Å². The number of nitrogens with one attached hydrogen (secondary N) is 2. The van der Waals surface area contributed by atoms with E-state index >= 15 is 0 Å². The summed E-state index contributed by atoms with van der Waals surface area (Å²) in [7, 11) is 0. The van der Waals surface area contributed by atoms with Gasteiger partial charge in [-0.2, -0.15) is 0 Å². The molecule has 1 saturated heterocycles. The highest BCUT2D eigenvalue weighted by Crippen LogP contribution is 2.29. The van der Waals surface area contributed by atoms with Gasteiger partial charge in [0, 0.05) is 35.3 Å². The molecule has 1 atom stereocenters. The molecule has 0 saturated carbocycles. The first-order chi connectivity index (χ1) is 16.2. The molecule has 0 unspecified atom stereocenters. The molecule has 4 aromatic rings. The maximum Gasteiger partial charge on any atom is 0.145 e. The van der Waals surface area contributed by atoms with Gasteiger partial charge in [-0.25, -0.2) is 9.97 Å². The minimum absolute atomic E-state index is 0.412. The Morgan fingerprint density at radius 1 is 1.12 bits per heavy atom. The van der Waals surface area contributed by atoms with Gasteiger partial charge in [-0.05, 0) is 80.4 Å². The molecule has 0 amide bonds. The van der Waals surface area contributed by atoms with Crippen molar-refractivity contribution in [3.05, 3.63) is 78.4 Å². The summed E-state index contributed by atoms with van der Waals surface area (Å²) in [5.41, 5.74) is 3.79. The number of nitrogens with zero attached hydrogens (tertiary/aromatic N) is 3. The van der Waals surface area contributed by atoms with E-state index in [2.05, 4.69) is 43.5 Å². The lowest BCUT2D eigenvalue weighted by molar-refractivity contribution is 0.449. The van der Waals surface area contributed by atoms with Crippen LogP contribution in [0.4, 0.5) is 11.5 Å². The standard InChI is InChI=1S/C27H25N5O/c1-19-14-22(9-11-26(19)33-23-5-3-13-29-17-23)32-27-24-15-20(8-10-25(24)30-18-31-27)6-7-21-4-2-12-28-16-21/h3,5,8-11,13-15,17-18,21,28H,2,4,12,16H2,1H3,(H,30,31,32)/t21-/m1/s1. The van der Waals surface area contributed by atoms with E-state index < -0.39 is 0 Å². The Bertz CT molecular complexity index is 1320. The van der Waals surface area contributed by atoms with Crippen LogP contribution in [0.25, 0.3) is 10.9 Å². The number of aryl methyl sites for hydroxylation is 1. The van der Waals surface area contributed by atoms with Gasteiger partial charge in [0.15, 0.2) is 0 Å². The lowest BCUT2D eigenvalue weighted by Gasteiger charge is -2.17. The maximum atomic E-state index is 5.94. The molecule has 1 aliphatic rings. The van der Waals surface area contributed by atoms with E-state index in [1.165, 1.54) is 6.42 Å². The van der Waals surface area contributed by atoms with Crippen LogP contribution in [0.2, 0.25) is 0 Å². The SMILES string of the molecule is Cc1cc(Nc2ncnc3ccc(C#C[C@H]4CCCNC4)cc23)ccc1Oc1cccnc1. The Morgan fingerprint density at radius 2 is 2.09 bits per heavy atom. The van der Waals surface area contributed by atoms with Crippen LogP contribution in [0.3, 0.4) is 0 Å². The van der Waals surface area contributed by atoms with Gasteiger partial charge in [0.25, 0.3) is 0 Å². The second-order valence-electron chi connectivity index (χ2n) is 8.16. The number of hydrogen-bond donors (Lipinski definition) is 2. The molecule has 6 heteroatoms. The van der Waals surface area contributed by atoms with Crippen molar-refractivity contribution in [3.8, 4) is 23.3 Å². The minimum atomic E-state index is 0.412. The summed E-state index contributed by atoms with van der Waals surface area (Å²) in [6.07, 6.45) is 7.34. The third-order valence-corrected chi connectivity index (χ3v) is 5.65. The summed E-state index contributed by atoms with van der Waals surface area (Å²) in [6, 6.07) is 15.8. The number of ether oxygens (including phenoxy) is 1. The molecule has 2 aromatic heterocycles. The van der Waals surface area contributed by atoms with Gasteiger partial charge in [-0.3, -0.25) is 4.98 Å². The molecule has 2 aromatic carbocycles. The second kappa shape index (κ2) is 9.68. The van der Waals surface area contributed by atoms with Crippen LogP contribution in [-0.4, -0.2) is 28.0 Å². The highest BCUT2D eigenvalue weighted by atomic mass is 16.5. The monoisotopic (exact) mass is 435 g/mol. The van der Waals surface area contributed by atoms with Crippen molar-refractivity contribution in [2.45, 2.75) is 19.8 Å². The van der Waals surface area contributed by atoms with Crippen LogP contribution < -0.4 is 15.4 Å². The fraction of sp³-hybridized carbons (Fsp3) is 0.222. The molecule has 6 nitrogen and oxygen atoms in total. The van der Waals surface area contributed by atoms with E-state index in [9.17, 15) is 0 Å². The average molecular weight is 436 g/mol. The van der Waals surface area contributed by atoms with Crippen molar-refractivity contribution in [1.82, 2.24) is 20.3 Å². The van der Waals surface area contributed by atoms with Crippen molar-refractivity contribution < 1.29 is 4.74 Å². The largest absolute Gasteiger partial charge is 0.455 e. The fourth-order valence-electron chi connectivity index (χ4n) is 3.91. The van der Waals surface area contributed by atoms with Gasteiger partial charge < -0.3 is 15.4 Å². The summed E-state index contributed by atoms with van der Waals surface area (Å²) in [5, 5.41) is 7.79. The second-order valence-corrected chi connectivity index (χ2v) is 8.16. The highest BCUT2D eigenvalue weighted by Gasteiger charge is 2.10. The van der Waals surface area contributed by atoms with E-state index in [4.69, 9.17) is 4.74 Å². The van der Waals surface area contributed by atoms with Crippen molar-refractivity contribution in [2.75, 3.05) is 18.4 Å². The van der Waals surface area contributed by atoms with E-state index in [1.54, 1.807) is 18.7 Å². The Balaban J connectivity index is 1.38. The number of piperidine rings is 1. The van der Waals surface area contributed by atoms with Crippen LogP contribution in [0.5, 0.6) is 11.5 Å². The number of aromatic nitrogens is 3. The molecule has 3 heterocycles. The third kappa shape index (κ3) is 5.11. The normalized spacial score (nSPS) is 15.5. The van der Waals surface area contributed by atoms with Crippen molar-refractivity contribution in [3.63, 3.8) is 0 Å². The zero-order chi connectivity index (χ0) is 22.5. The topological polar surface area (TPSA) is 72.0 Å². The first kappa shape index (κ1) is 20.9. The van der Waals surface area contributed by atoms with Gasteiger partial charge in [0.1, 0.15) is 23.6 Å². The van der Waals surface area contributed by atoms with Crippen molar-refractivity contribution >= 4 is 22.4 Å².